The first-order chi connectivity index (χ1) is 9.15. The van der Waals surface area contributed by atoms with Crippen molar-refractivity contribution >= 4 is 34.2 Å². The number of thioether (sulfide) groups is 1. The Labute approximate surface area is 122 Å². The molecule has 2 atom stereocenters. The van der Waals surface area contributed by atoms with Crippen molar-refractivity contribution in [2.24, 2.45) is 0 Å². The van der Waals surface area contributed by atoms with E-state index in [0.717, 1.165) is 16.6 Å². The minimum absolute atomic E-state index is 0.297. The zero-order valence-corrected chi connectivity index (χ0v) is 13.2. The maximum absolute atomic E-state index is 11.6. The van der Waals surface area contributed by atoms with Crippen molar-refractivity contribution in [1.29, 1.82) is 0 Å². The standard InChI is InChI=1S/C13H20N2O2S2/c1-4-18-10-7-5-6-9(10)15-13-14-8(2)11(19-13)12(16)17-3/h9-10H,4-7H2,1-3H3,(H,14,15). The Balaban J connectivity index is 2.05. The molecule has 0 amide bonds. The molecule has 106 valence electrons. The quantitative estimate of drug-likeness (QED) is 0.845. The van der Waals surface area contributed by atoms with Gasteiger partial charge in [-0.1, -0.05) is 24.7 Å². The maximum Gasteiger partial charge on any atom is 0.350 e. The van der Waals surface area contributed by atoms with Gasteiger partial charge >= 0.3 is 5.97 Å². The fourth-order valence-electron chi connectivity index (χ4n) is 2.40. The van der Waals surface area contributed by atoms with Gasteiger partial charge in [0.15, 0.2) is 5.13 Å². The third kappa shape index (κ3) is 3.42. The Morgan fingerprint density at radius 3 is 3.05 bits per heavy atom. The third-order valence-corrected chi connectivity index (χ3v) is 5.70. The highest BCUT2D eigenvalue weighted by Gasteiger charge is 2.28. The van der Waals surface area contributed by atoms with Crippen LogP contribution < -0.4 is 5.32 Å². The van der Waals surface area contributed by atoms with Gasteiger partial charge in [0, 0.05) is 11.3 Å². The molecule has 1 heterocycles. The Bertz CT molecular complexity index is 448. The number of methoxy groups -OCH3 is 1. The van der Waals surface area contributed by atoms with Gasteiger partial charge in [0.1, 0.15) is 4.88 Å². The molecule has 1 N–H and O–H groups in total. The number of aryl methyl sites for hydroxylation is 1. The van der Waals surface area contributed by atoms with Gasteiger partial charge in [-0.3, -0.25) is 0 Å². The number of hydrogen-bond donors (Lipinski definition) is 1. The van der Waals surface area contributed by atoms with Crippen LogP contribution in [-0.4, -0.2) is 35.1 Å². The first-order valence-corrected chi connectivity index (χ1v) is 8.46. The summed E-state index contributed by atoms with van der Waals surface area (Å²) in [4.78, 5) is 16.6. The van der Waals surface area contributed by atoms with Gasteiger partial charge in [-0.25, -0.2) is 9.78 Å². The van der Waals surface area contributed by atoms with Gasteiger partial charge in [-0.15, -0.1) is 0 Å². The van der Waals surface area contributed by atoms with E-state index in [1.807, 2.05) is 18.7 Å². The number of esters is 1. The number of aromatic nitrogens is 1. The zero-order valence-electron chi connectivity index (χ0n) is 11.6. The predicted molar refractivity (Wildman–Crippen MR) is 81.4 cm³/mol. The highest BCUT2D eigenvalue weighted by atomic mass is 32.2. The summed E-state index contributed by atoms with van der Waals surface area (Å²) in [5, 5.41) is 5.00. The molecule has 1 aliphatic carbocycles. The van der Waals surface area contributed by atoms with Crippen LogP contribution in [0.3, 0.4) is 0 Å². The highest BCUT2D eigenvalue weighted by molar-refractivity contribution is 7.99. The molecule has 1 aromatic heterocycles. The van der Waals surface area contributed by atoms with E-state index >= 15 is 0 Å². The summed E-state index contributed by atoms with van der Waals surface area (Å²) in [5.41, 5.74) is 0.747. The molecular formula is C13H20N2O2S2. The lowest BCUT2D eigenvalue weighted by atomic mass is 10.2. The molecule has 0 aliphatic heterocycles. The average Bonchev–Trinajstić information content (AvgIpc) is 2.97. The number of hydrogen-bond acceptors (Lipinski definition) is 6. The highest BCUT2D eigenvalue weighted by Crippen LogP contribution is 2.33. The Morgan fingerprint density at radius 1 is 1.58 bits per heavy atom. The number of carbonyl (C=O) groups excluding carboxylic acids is 1. The van der Waals surface area contributed by atoms with E-state index < -0.39 is 0 Å². The molecule has 1 fully saturated rings. The van der Waals surface area contributed by atoms with Crippen molar-refractivity contribution in [2.75, 3.05) is 18.2 Å². The van der Waals surface area contributed by atoms with Crippen LogP contribution >= 0.6 is 23.1 Å². The van der Waals surface area contributed by atoms with E-state index in [1.165, 1.54) is 37.7 Å². The second-order valence-corrected chi connectivity index (χ2v) is 7.12. The van der Waals surface area contributed by atoms with Crippen molar-refractivity contribution in [1.82, 2.24) is 4.98 Å². The van der Waals surface area contributed by atoms with E-state index in [9.17, 15) is 4.79 Å². The third-order valence-electron chi connectivity index (χ3n) is 3.31. The largest absolute Gasteiger partial charge is 0.465 e. The van der Waals surface area contributed by atoms with E-state index in [1.54, 1.807) is 0 Å². The first-order valence-electron chi connectivity index (χ1n) is 6.59. The van der Waals surface area contributed by atoms with E-state index in [2.05, 4.69) is 17.2 Å². The van der Waals surface area contributed by atoms with Crippen molar-refractivity contribution in [3.8, 4) is 0 Å². The van der Waals surface area contributed by atoms with Gasteiger partial charge in [0.2, 0.25) is 0 Å². The lowest BCUT2D eigenvalue weighted by Crippen LogP contribution is -2.26. The molecule has 6 heteroatoms. The van der Waals surface area contributed by atoms with Crippen LogP contribution in [0.1, 0.15) is 41.6 Å². The smallest absolute Gasteiger partial charge is 0.350 e. The van der Waals surface area contributed by atoms with Gasteiger partial charge in [-0.2, -0.15) is 11.8 Å². The van der Waals surface area contributed by atoms with Gasteiger partial charge < -0.3 is 10.1 Å². The molecule has 19 heavy (non-hydrogen) atoms. The van der Waals surface area contributed by atoms with Crippen LogP contribution in [0, 0.1) is 6.92 Å². The summed E-state index contributed by atoms with van der Waals surface area (Å²) < 4.78 is 4.76. The summed E-state index contributed by atoms with van der Waals surface area (Å²) in [6.07, 6.45) is 3.72. The summed E-state index contributed by atoms with van der Waals surface area (Å²) >= 11 is 3.40. The topological polar surface area (TPSA) is 51.2 Å². The van der Waals surface area contributed by atoms with Crippen LogP contribution in [0.2, 0.25) is 0 Å². The normalized spacial score (nSPS) is 22.5. The number of nitrogens with one attached hydrogen (secondary N) is 1. The summed E-state index contributed by atoms with van der Waals surface area (Å²) in [7, 11) is 1.40. The number of carbonyl (C=O) groups is 1. The average molecular weight is 300 g/mol. The molecule has 1 aromatic rings. The molecule has 4 nitrogen and oxygen atoms in total. The summed E-state index contributed by atoms with van der Waals surface area (Å²) in [5.74, 6) is 0.849. The van der Waals surface area contributed by atoms with Gasteiger partial charge in [-0.05, 0) is 25.5 Å². The molecular weight excluding hydrogens is 280 g/mol. The van der Waals surface area contributed by atoms with Crippen LogP contribution in [0.15, 0.2) is 0 Å². The number of nitrogens with zero attached hydrogens (tertiary/aromatic N) is 1. The number of ether oxygens (including phenoxy) is 1. The van der Waals surface area contributed by atoms with Crippen molar-refractivity contribution < 1.29 is 9.53 Å². The lowest BCUT2D eigenvalue weighted by Gasteiger charge is -2.19. The Morgan fingerprint density at radius 2 is 2.37 bits per heavy atom. The fraction of sp³-hybridized carbons (Fsp3) is 0.692. The fourth-order valence-corrected chi connectivity index (χ4v) is 4.55. The molecule has 0 bridgehead atoms. The minimum atomic E-state index is -0.297. The van der Waals surface area contributed by atoms with Crippen molar-refractivity contribution in [3.05, 3.63) is 10.6 Å². The molecule has 0 saturated heterocycles. The minimum Gasteiger partial charge on any atom is -0.465 e. The number of thiazole rings is 1. The van der Waals surface area contributed by atoms with E-state index in [-0.39, 0.29) is 5.97 Å². The molecule has 2 unspecified atom stereocenters. The molecule has 0 spiro atoms. The maximum atomic E-state index is 11.6. The molecule has 0 aromatic carbocycles. The molecule has 2 rings (SSSR count). The second-order valence-electron chi connectivity index (χ2n) is 4.60. The van der Waals surface area contributed by atoms with Crippen LogP contribution in [0.5, 0.6) is 0 Å². The molecule has 1 aliphatic rings. The van der Waals surface area contributed by atoms with Crippen molar-refractivity contribution in [2.45, 2.75) is 44.4 Å². The summed E-state index contributed by atoms with van der Waals surface area (Å²) in [6, 6.07) is 0.473. The van der Waals surface area contributed by atoms with Gasteiger partial charge in [0.25, 0.3) is 0 Å². The second kappa shape index (κ2) is 6.61. The van der Waals surface area contributed by atoms with Crippen molar-refractivity contribution in [3.63, 3.8) is 0 Å². The van der Waals surface area contributed by atoms with Crippen LogP contribution in [0.4, 0.5) is 5.13 Å². The lowest BCUT2D eigenvalue weighted by molar-refractivity contribution is 0.0605. The van der Waals surface area contributed by atoms with Crippen LogP contribution in [-0.2, 0) is 4.74 Å². The van der Waals surface area contributed by atoms with E-state index in [4.69, 9.17) is 4.74 Å². The number of anilines is 1. The SMILES string of the molecule is CCSC1CCCC1Nc1nc(C)c(C(=O)OC)s1. The predicted octanol–water partition coefficient (Wildman–Crippen LogP) is 3.32. The van der Waals surface area contributed by atoms with E-state index in [0.29, 0.717) is 16.2 Å². The first kappa shape index (κ1) is 14.7. The Kier molecular flexibility index (Phi) is 5.10. The Hall–Kier alpha value is -0.750. The molecule has 1 saturated carbocycles. The summed E-state index contributed by atoms with van der Waals surface area (Å²) in [6.45, 7) is 4.05. The van der Waals surface area contributed by atoms with Gasteiger partial charge in [0.05, 0.1) is 12.8 Å². The number of rotatable bonds is 5. The van der Waals surface area contributed by atoms with Crippen LogP contribution in [0.25, 0.3) is 0 Å². The monoisotopic (exact) mass is 300 g/mol. The molecule has 0 radical (unpaired) electrons. The zero-order chi connectivity index (χ0) is 13.8.